The molecule has 0 aliphatic carbocycles. The van der Waals surface area contributed by atoms with E-state index in [1.807, 2.05) is 13.8 Å². The number of rotatable bonds is 1. The van der Waals surface area contributed by atoms with Gasteiger partial charge in [-0.15, -0.1) is 0 Å². The topological polar surface area (TPSA) is 56.0 Å². The molecule has 0 aliphatic heterocycles. The van der Waals surface area contributed by atoms with Gasteiger partial charge in [0.05, 0.1) is 0 Å². The van der Waals surface area contributed by atoms with Gasteiger partial charge < -0.3 is 5.73 Å². The standard InChI is InChI=1S/C7H7FN2O.C2H6/c1-4-2-3-10-6(5(4)8)7(9)11;1-2/h2-3H,1H3,(H2,9,11);1-2H3. The number of aryl methyl sites for hydroxylation is 1. The molecule has 0 saturated heterocycles. The first-order chi connectivity index (χ1) is 6.13. The number of primary amides is 1. The zero-order valence-corrected chi connectivity index (χ0v) is 7.97. The molecule has 0 saturated carbocycles. The van der Waals surface area contributed by atoms with Crippen molar-refractivity contribution in [1.29, 1.82) is 0 Å². The minimum Gasteiger partial charge on any atom is -0.364 e. The number of aromatic nitrogens is 1. The Kier molecular flexibility index (Phi) is 4.66. The molecule has 2 N–H and O–H groups in total. The summed E-state index contributed by atoms with van der Waals surface area (Å²) < 4.78 is 12.9. The van der Waals surface area contributed by atoms with Crippen LogP contribution in [-0.2, 0) is 0 Å². The monoisotopic (exact) mass is 184 g/mol. The Morgan fingerprint density at radius 3 is 2.46 bits per heavy atom. The van der Waals surface area contributed by atoms with Gasteiger partial charge in [-0.1, -0.05) is 13.8 Å². The summed E-state index contributed by atoms with van der Waals surface area (Å²) in [6.45, 7) is 5.55. The van der Waals surface area contributed by atoms with Gasteiger partial charge in [0, 0.05) is 6.20 Å². The first kappa shape index (κ1) is 11.6. The number of halogens is 1. The highest BCUT2D eigenvalue weighted by atomic mass is 19.1. The average molecular weight is 184 g/mol. The van der Waals surface area contributed by atoms with Crippen molar-refractivity contribution < 1.29 is 9.18 Å². The van der Waals surface area contributed by atoms with E-state index in [-0.39, 0.29) is 5.69 Å². The maximum absolute atomic E-state index is 12.9. The van der Waals surface area contributed by atoms with E-state index in [0.717, 1.165) is 0 Å². The van der Waals surface area contributed by atoms with Gasteiger partial charge in [0.15, 0.2) is 11.5 Å². The van der Waals surface area contributed by atoms with Crippen LogP contribution in [0.1, 0.15) is 29.9 Å². The van der Waals surface area contributed by atoms with Crippen LogP contribution in [-0.4, -0.2) is 10.9 Å². The van der Waals surface area contributed by atoms with Gasteiger partial charge in [0.25, 0.3) is 5.91 Å². The van der Waals surface area contributed by atoms with Crippen LogP contribution in [0.15, 0.2) is 12.3 Å². The van der Waals surface area contributed by atoms with E-state index in [9.17, 15) is 9.18 Å². The van der Waals surface area contributed by atoms with Crippen LogP contribution in [0, 0.1) is 12.7 Å². The first-order valence-electron chi connectivity index (χ1n) is 4.04. The summed E-state index contributed by atoms with van der Waals surface area (Å²) in [6.07, 6.45) is 1.35. The van der Waals surface area contributed by atoms with Gasteiger partial charge in [-0.2, -0.15) is 0 Å². The van der Waals surface area contributed by atoms with E-state index in [2.05, 4.69) is 4.98 Å². The minimum absolute atomic E-state index is 0.301. The van der Waals surface area contributed by atoms with E-state index >= 15 is 0 Å². The average Bonchev–Trinajstić information content (AvgIpc) is 2.13. The smallest absolute Gasteiger partial charge is 0.270 e. The highest BCUT2D eigenvalue weighted by Crippen LogP contribution is 2.07. The number of pyridine rings is 1. The van der Waals surface area contributed by atoms with E-state index < -0.39 is 11.7 Å². The Hall–Kier alpha value is -1.45. The Morgan fingerprint density at radius 2 is 2.08 bits per heavy atom. The summed E-state index contributed by atoms with van der Waals surface area (Å²) in [5, 5.41) is 0. The van der Waals surface area contributed by atoms with Crippen LogP contribution in [0.5, 0.6) is 0 Å². The Balaban J connectivity index is 0.000000671. The third-order valence-electron chi connectivity index (χ3n) is 1.32. The molecule has 1 aromatic heterocycles. The lowest BCUT2D eigenvalue weighted by molar-refractivity contribution is 0.0991. The van der Waals surface area contributed by atoms with Crippen molar-refractivity contribution in [2.75, 3.05) is 0 Å². The van der Waals surface area contributed by atoms with Crippen LogP contribution in [0.4, 0.5) is 4.39 Å². The third kappa shape index (κ3) is 2.82. The fourth-order valence-corrected chi connectivity index (χ4v) is 0.712. The van der Waals surface area contributed by atoms with E-state index in [1.54, 1.807) is 6.92 Å². The minimum atomic E-state index is -0.841. The molecule has 1 heterocycles. The predicted molar refractivity (Wildman–Crippen MR) is 48.8 cm³/mol. The zero-order chi connectivity index (χ0) is 10.4. The normalized spacial score (nSPS) is 8.62. The van der Waals surface area contributed by atoms with E-state index in [1.165, 1.54) is 12.3 Å². The number of amides is 1. The van der Waals surface area contributed by atoms with Crippen molar-refractivity contribution >= 4 is 5.91 Å². The summed E-state index contributed by atoms with van der Waals surface area (Å²) in [7, 11) is 0. The van der Waals surface area contributed by atoms with Crippen molar-refractivity contribution in [2.45, 2.75) is 20.8 Å². The summed E-state index contributed by atoms with van der Waals surface area (Å²) in [4.78, 5) is 14.0. The summed E-state index contributed by atoms with van der Waals surface area (Å²) in [6, 6.07) is 1.47. The maximum atomic E-state index is 12.9. The molecule has 0 unspecified atom stereocenters. The molecular weight excluding hydrogens is 171 g/mol. The first-order valence-corrected chi connectivity index (χ1v) is 4.04. The van der Waals surface area contributed by atoms with Gasteiger partial charge in [-0.3, -0.25) is 4.79 Å². The summed E-state index contributed by atoms with van der Waals surface area (Å²) in [5.41, 5.74) is 4.91. The second-order valence-electron chi connectivity index (χ2n) is 2.15. The van der Waals surface area contributed by atoms with Crippen molar-refractivity contribution in [3.05, 3.63) is 29.3 Å². The van der Waals surface area contributed by atoms with Gasteiger partial charge in [0.1, 0.15) is 0 Å². The lowest BCUT2D eigenvalue weighted by Crippen LogP contribution is -2.15. The van der Waals surface area contributed by atoms with Crippen LogP contribution in [0.2, 0.25) is 0 Å². The number of carbonyl (C=O) groups excluding carboxylic acids is 1. The molecule has 1 amide bonds. The molecule has 0 bridgehead atoms. The molecule has 0 atom stereocenters. The molecule has 0 radical (unpaired) electrons. The van der Waals surface area contributed by atoms with Crippen molar-refractivity contribution in [2.24, 2.45) is 5.73 Å². The molecule has 72 valence electrons. The number of nitrogens with two attached hydrogens (primary N) is 1. The van der Waals surface area contributed by atoms with Gasteiger partial charge in [-0.05, 0) is 18.6 Å². The quantitative estimate of drug-likeness (QED) is 0.721. The second kappa shape index (κ2) is 5.24. The maximum Gasteiger partial charge on any atom is 0.270 e. The number of nitrogens with zero attached hydrogens (tertiary/aromatic N) is 1. The fourth-order valence-electron chi connectivity index (χ4n) is 0.712. The molecule has 0 aromatic carbocycles. The van der Waals surface area contributed by atoms with Gasteiger partial charge in [0.2, 0.25) is 0 Å². The summed E-state index contributed by atoms with van der Waals surface area (Å²) >= 11 is 0. The van der Waals surface area contributed by atoms with Crippen molar-refractivity contribution in [1.82, 2.24) is 4.98 Å². The Morgan fingerprint density at radius 1 is 1.54 bits per heavy atom. The molecular formula is C9H13FN2O. The third-order valence-corrected chi connectivity index (χ3v) is 1.32. The Labute approximate surface area is 76.8 Å². The van der Waals surface area contributed by atoms with E-state index in [0.29, 0.717) is 5.56 Å². The number of carbonyl (C=O) groups is 1. The van der Waals surface area contributed by atoms with Crippen molar-refractivity contribution in [3.63, 3.8) is 0 Å². The van der Waals surface area contributed by atoms with E-state index in [4.69, 9.17) is 5.73 Å². The van der Waals surface area contributed by atoms with Crippen LogP contribution < -0.4 is 5.73 Å². The molecule has 0 spiro atoms. The molecule has 4 heteroatoms. The van der Waals surface area contributed by atoms with Gasteiger partial charge >= 0.3 is 0 Å². The molecule has 0 fully saturated rings. The molecule has 1 rings (SSSR count). The van der Waals surface area contributed by atoms with Crippen molar-refractivity contribution in [3.8, 4) is 0 Å². The molecule has 0 aliphatic rings. The predicted octanol–water partition coefficient (Wildman–Crippen LogP) is 1.65. The summed E-state index contributed by atoms with van der Waals surface area (Å²) in [5.74, 6) is -1.48. The van der Waals surface area contributed by atoms with Crippen LogP contribution >= 0.6 is 0 Å². The molecule has 1 aromatic rings. The molecule has 3 nitrogen and oxygen atoms in total. The lowest BCUT2D eigenvalue weighted by Gasteiger charge is -1.98. The SMILES string of the molecule is CC.Cc1ccnc(C(N)=O)c1F. The van der Waals surface area contributed by atoms with Gasteiger partial charge in [-0.25, -0.2) is 9.37 Å². The highest BCUT2D eigenvalue weighted by Gasteiger charge is 2.10. The number of hydrogen-bond donors (Lipinski definition) is 1. The Bertz CT molecular complexity index is 300. The lowest BCUT2D eigenvalue weighted by atomic mass is 10.2. The zero-order valence-electron chi connectivity index (χ0n) is 7.97. The number of hydrogen-bond acceptors (Lipinski definition) is 2. The van der Waals surface area contributed by atoms with Crippen LogP contribution in [0.3, 0.4) is 0 Å². The second-order valence-corrected chi connectivity index (χ2v) is 2.15. The van der Waals surface area contributed by atoms with Crippen LogP contribution in [0.25, 0.3) is 0 Å². The highest BCUT2D eigenvalue weighted by molar-refractivity contribution is 5.91. The largest absolute Gasteiger partial charge is 0.364 e. The fraction of sp³-hybridized carbons (Fsp3) is 0.333. The molecule has 13 heavy (non-hydrogen) atoms.